The van der Waals surface area contributed by atoms with E-state index in [1.807, 2.05) is 6.92 Å². The first kappa shape index (κ1) is 31.7. The molecule has 11 heteroatoms. The Balaban J connectivity index is 2.11. The number of benzene rings is 3. The van der Waals surface area contributed by atoms with E-state index >= 15 is 0 Å². The van der Waals surface area contributed by atoms with E-state index in [9.17, 15) is 18.0 Å². The van der Waals surface area contributed by atoms with Crippen LogP contribution in [0.5, 0.6) is 0 Å². The summed E-state index contributed by atoms with van der Waals surface area (Å²) in [7, 11) is -4.20. The van der Waals surface area contributed by atoms with E-state index in [1.54, 1.807) is 76.2 Å². The Labute approximate surface area is 251 Å². The van der Waals surface area contributed by atoms with Crippen LogP contribution in [0.3, 0.4) is 0 Å². The lowest BCUT2D eigenvalue weighted by molar-refractivity contribution is -0.139. The van der Waals surface area contributed by atoms with Crippen LogP contribution in [0, 0.1) is 13.8 Å². The lowest BCUT2D eigenvalue weighted by atomic mass is 10.1. The molecule has 1 unspecified atom stereocenters. The number of nitrogens with zero attached hydrogens (tertiary/aromatic N) is 2. The first-order valence-electron chi connectivity index (χ1n) is 12.6. The molecule has 3 aromatic carbocycles. The number of carbonyl (C=O) groups excluding carboxylic acids is 2. The van der Waals surface area contributed by atoms with Gasteiger partial charge in [0.2, 0.25) is 11.8 Å². The van der Waals surface area contributed by atoms with Gasteiger partial charge in [-0.05, 0) is 82.6 Å². The van der Waals surface area contributed by atoms with Gasteiger partial charge in [-0.3, -0.25) is 13.9 Å². The maximum Gasteiger partial charge on any atom is 0.264 e. The van der Waals surface area contributed by atoms with Crippen LogP contribution >= 0.6 is 34.8 Å². The molecule has 2 amide bonds. The minimum atomic E-state index is -4.20. The van der Waals surface area contributed by atoms with Crippen LogP contribution in [-0.2, 0) is 26.2 Å². The van der Waals surface area contributed by atoms with Crippen LogP contribution < -0.4 is 9.62 Å². The smallest absolute Gasteiger partial charge is 0.264 e. The minimum absolute atomic E-state index is 0.0200. The third-order valence-electron chi connectivity index (χ3n) is 6.30. The Bertz CT molecular complexity index is 1470. The van der Waals surface area contributed by atoms with Gasteiger partial charge in [-0.2, -0.15) is 0 Å². The van der Waals surface area contributed by atoms with Gasteiger partial charge in [-0.15, -0.1) is 0 Å². The molecule has 0 bridgehead atoms. The van der Waals surface area contributed by atoms with Gasteiger partial charge in [0.1, 0.15) is 12.6 Å². The van der Waals surface area contributed by atoms with Crippen molar-refractivity contribution in [2.45, 2.75) is 58.1 Å². The minimum Gasteiger partial charge on any atom is -0.352 e. The number of sulfonamides is 1. The molecular formula is C29H32Cl3N3O4S. The number of anilines is 1. The maximum atomic E-state index is 14.0. The number of amides is 2. The zero-order valence-corrected chi connectivity index (χ0v) is 26.0. The fourth-order valence-corrected chi connectivity index (χ4v) is 6.31. The van der Waals surface area contributed by atoms with E-state index in [0.717, 1.165) is 9.87 Å². The van der Waals surface area contributed by atoms with Crippen molar-refractivity contribution in [3.8, 4) is 0 Å². The monoisotopic (exact) mass is 623 g/mol. The Hall–Kier alpha value is -2.78. The molecule has 0 fully saturated rings. The zero-order valence-electron chi connectivity index (χ0n) is 22.9. The molecule has 0 aliphatic heterocycles. The summed E-state index contributed by atoms with van der Waals surface area (Å²) in [6, 6.07) is 14.9. The molecular weight excluding hydrogens is 593 g/mol. The predicted octanol–water partition coefficient (Wildman–Crippen LogP) is 6.40. The van der Waals surface area contributed by atoms with Gasteiger partial charge >= 0.3 is 0 Å². The largest absolute Gasteiger partial charge is 0.352 e. The Kier molecular flexibility index (Phi) is 10.5. The van der Waals surface area contributed by atoms with Crippen molar-refractivity contribution in [3.05, 3.63) is 92.4 Å². The van der Waals surface area contributed by atoms with Crippen molar-refractivity contribution >= 4 is 62.3 Å². The molecule has 214 valence electrons. The van der Waals surface area contributed by atoms with Crippen molar-refractivity contribution in [1.29, 1.82) is 0 Å². The van der Waals surface area contributed by atoms with E-state index < -0.39 is 34.4 Å². The predicted molar refractivity (Wildman–Crippen MR) is 162 cm³/mol. The van der Waals surface area contributed by atoms with E-state index in [1.165, 1.54) is 17.0 Å². The molecule has 1 N–H and O–H groups in total. The van der Waals surface area contributed by atoms with E-state index in [0.29, 0.717) is 26.2 Å². The second-order valence-electron chi connectivity index (χ2n) is 9.82. The van der Waals surface area contributed by atoms with Crippen molar-refractivity contribution in [2.24, 2.45) is 0 Å². The summed E-state index contributed by atoms with van der Waals surface area (Å²) in [5.74, 6) is -1.02. The number of rotatable bonds is 10. The molecule has 1 atom stereocenters. The highest BCUT2D eigenvalue weighted by Gasteiger charge is 2.33. The van der Waals surface area contributed by atoms with Crippen molar-refractivity contribution in [2.75, 3.05) is 10.8 Å². The third-order valence-corrected chi connectivity index (χ3v) is 9.02. The number of hydrogen-bond donors (Lipinski definition) is 1. The maximum absolute atomic E-state index is 14.0. The first-order chi connectivity index (χ1) is 18.7. The lowest BCUT2D eigenvalue weighted by Gasteiger charge is -2.33. The molecule has 0 saturated carbocycles. The summed E-state index contributed by atoms with van der Waals surface area (Å²) >= 11 is 19.0. The fraction of sp³-hybridized carbons (Fsp3) is 0.310. The molecule has 0 saturated heterocycles. The van der Waals surface area contributed by atoms with E-state index in [2.05, 4.69) is 5.32 Å². The summed E-state index contributed by atoms with van der Waals surface area (Å²) in [6.07, 6.45) is 0. The normalized spacial score (nSPS) is 12.2. The number of carbonyl (C=O) groups is 2. The highest BCUT2D eigenvalue weighted by atomic mass is 35.5. The van der Waals surface area contributed by atoms with Crippen LogP contribution in [0.15, 0.2) is 65.6 Å². The van der Waals surface area contributed by atoms with Crippen LogP contribution in [0.4, 0.5) is 5.69 Å². The van der Waals surface area contributed by atoms with E-state index in [4.69, 9.17) is 34.8 Å². The molecule has 0 aliphatic carbocycles. The molecule has 0 heterocycles. The summed E-state index contributed by atoms with van der Waals surface area (Å²) in [5, 5.41) is 3.87. The highest BCUT2D eigenvalue weighted by Crippen LogP contribution is 2.31. The highest BCUT2D eigenvalue weighted by molar-refractivity contribution is 7.92. The lowest BCUT2D eigenvalue weighted by Crippen LogP contribution is -2.52. The van der Waals surface area contributed by atoms with Crippen LogP contribution in [0.25, 0.3) is 0 Å². The average Bonchev–Trinajstić information content (AvgIpc) is 2.87. The standard InChI is InChI=1S/C29H32Cl3N3O4S/c1-18(2)33-29(37)21(5)34(16-24-25(31)7-6-8-26(24)32)28(36)17-35(27-14-11-22(30)15-20(27)4)40(38,39)23-12-9-19(3)10-13-23/h6-15,18,21H,16-17H2,1-5H3,(H,33,37). The third kappa shape index (κ3) is 7.49. The second kappa shape index (κ2) is 13.3. The van der Waals surface area contributed by atoms with Gasteiger partial charge in [-0.1, -0.05) is 58.6 Å². The summed E-state index contributed by atoms with van der Waals surface area (Å²) in [6.45, 7) is 8.06. The summed E-state index contributed by atoms with van der Waals surface area (Å²) in [4.78, 5) is 28.4. The first-order valence-corrected chi connectivity index (χ1v) is 15.2. The van der Waals surface area contributed by atoms with Gasteiger partial charge < -0.3 is 10.2 Å². The molecule has 3 aromatic rings. The average molecular weight is 625 g/mol. The topological polar surface area (TPSA) is 86.8 Å². The van der Waals surface area contributed by atoms with Crippen LogP contribution in [0.2, 0.25) is 15.1 Å². The van der Waals surface area contributed by atoms with Crippen molar-refractivity contribution < 1.29 is 18.0 Å². The molecule has 7 nitrogen and oxygen atoms in total. The molecule has 0 aliphatic rings. The molecule has 0 aromatic heterocycles. The van der Waals surface area contributed by atoms with Gasteiger partial charge in [0.15, 0.2) is 0 Å². The summed E-state index contributed by atoms with van der Waals surface area (Å²) < 4.78 is 29.0. The van der Waals surface area contributed by atoms with Gasteiger partial charge in [0.05, 0.1) is 10.6 Å². The zero-order chi connectivity index (χ0) is 29.8. The van der Waals surface area contributed by atoms with Crippen LogP contribution in [0.1, 0.15) is 37.5 Å². The number of aryl methyl sites for hydroxylation is 2. The van der Waals surface area contributed by atoms with Gasteiger partial charge in [0.25, 0.3) is 10.0 Å². The number of hydrogen-bond acceptors (Lipinski definition) is 4. The quantitative estimate of drug-likeness (QED) is 0.283. The van der Waals surface area contributed by atoms with Crippen molar-refractivity contribution in [3.63, 3.8) is 0 Å². The second-order valence-corrected chi connectivity index (χ2v) is 12.9. The van der Waals surface area contributed by atoms with Gasteiger partial charge in [0, 0.05) is 33.2 Å². The number of halogens is 3. The van der Waals surface area contributed by atoms with Gasteiger partial charge in [-0.25, -0.2) is 8.42 Å². The summed E-state index contributed by atoms with van der Waals surface area (Å²) in [5.41, 5.74) is 2.17. The molecule has 0 spiro atoms. The molecule has 3 rings (SSSR count). The SMILES string of the molecule is Cc1ccc(S(=O)(=O)N(CC(=O)N(Cc2c(Cl)cccc2Cl)C(C)C(=O)NC(C)C)c2ccc(Cl)cc2C)cc1. The molecule has 0 radical (unpaired) electrons. The molecule has 40 heavy (non-hydrogen) atoms. The Morgan fingerprint density at radius 1 is 0.900 bits per heavy atom. The Morgan fingerprint density at radius 3 is 2.05 bits per heavy atom. The number of nitrogens with one attached hydrogen (secondary N) is 1. The van der Waals surface area contributed by atoms with Crippen molar-refractivity contribution in [1.82, 2.24) is 10.2 Å². The van der Waals surface area contributed by atoms with E-state index in [-0.39, 0.29) is 23.2 Å². The van der Waals surface area contributed by atoms with Crippen LogP contribution in [-0.4, -0.2) is 43.8 Å². The fourth-order valence-electron chi connectivity index (χ4n) is 4.09. The Morgan fingerprint density at radius 2 is 1.50 bits per heavy atom.